The number of hydrogen-bond donors (Lipinski definition) is 4. The molecule has 0 saturated carbocycles. The Bertz CT molecular complexity index is 1440. The van der Waals surface area contributed by atoms with Gasteiger partial charge in [-0.25, -0.2) is 0 Å². The molecule has 0 spiro atoms. The maximum atomic E-state index is 13.6. The van der Waals surface area contributed by atoms with Crippen molar-refractivity contribution < 1.29 is 30.0 Å². The fraction of sp³-hybridized carbons (Fsp3) is 0.281. The van der Waals surface area contributed by atoms with Crippen molar-refractivity contribution in [1.82, 2.24) is 4.98 Å². The second kappa shape index (κ2) is 12.0. The molecule has 1 aliphatic heterocycles. The number of allylic oxidation sites excluding steroid dienone is 1. The van der Waals surface area contributed by atoms with Crippen molar-refractivity contribution in [3.05, 3.63) is 101 Å². The number of aromatic nitrogens is 1. The van der Waals surface area contributed by atoms with E-state index < -0.39 is 36.4 Å². The van der Waals surface area contributed by atoms with Crippen LogP contribution in [0.3, 0.4) is 0 Å². The first kappa shape index (κ1) is 27.5. The van der Waals surface area contributed by atoms with Crippen LogP contribution in [0.2, 0.25) is 0 Å². The molecular formula is C32H32N2O6. The van der Waals surface area contributed by atoms with Crippen molar-refractivity contribution in [2.45, 2.75) is 25.4 Å². The SMILES string of the molecule is O=C1[C@@H]2[C@@H](CC(CO)=C([C@H](O)CC/C(=C/c3cccc(O)c3)c3ccccn3)[C@@H]2CO)C(=O)N1c1ccccc1. The predicted octanol–water partition coefficient (Wildman–Crippen LogP) is 3.58. The third-order valence-electron chi connectivity index (χ3n) is 7.84. The van der Waals surface area contributed by atoms with Gasteiger partial charge in [-0.2, -0.15) is 0 Å². The molecule has 5 rings (SSSR count). The number of rotatable bonds is 9. The molecular weight excluding hydrogens is 508 g/mol. The molecule has 0 unspecified atom stereocenters. The van der Waals surface area contributed by atoms with Gasteiger partial charge in [-0.3, -0.25) is 19.5 Å². The number of pyridine rings is 1. The number of amides is 2. The summed E-state index contributed by atoms with van der Waals surface area (Å²) in [5, 5.41) is 42.1. The van der Waals surface area contributed by atoms with Gasteiger partial charge in [-0.15, -0.1) is 0 Å². The molecule has 2 heterocycles. The number of aromatic hydroxyl groups is 1. The molecule has 2 amide bonds. The Hall–Kier alpha value is -4.11. The van der Waals surface area contributed by atoms with E-state index in [2.05, 4.69) is 4.98 Å². The minimum atomic E-state index is -1.06. The van der Waals surface area contributed by atoms with Crippen LogP contribution < -0.4 is 4.90 Å². The van der Waals surface area contributed by atoms with E-state index in [9.17, 15) is 30.0 Å². The molecule has 0 radical (unpaired) electrons. The normalized spacial score (nSPS) is 22.0. The van der Waals surface area contributed by atoms with Gasteiger partial charge in [0.2, 0.25) is 11.8 Å². The molecule has 1 fully saturated rings. The predicted molar refractivity (Wildman–Crippen MR) is 151 cm³/mol. The van der Waals surface area contributed by atoms with E-state index >= 15 is 0 Å². The monoisotopic (exact) mass is 540 g/mol. The second-order valence-corrected chi connectivity index (χ2v) is 10.2. The van der Waals surface area contributed by atoms with E-state index in [4.69, 9.17) is 0 Å². The summed E-state index contributed by atoms with van der Waals surface area (Å²) < 4.78 is 0. The van der Waals surface area contributed by atoms with Crippen LogP contribution in [-0.2, 0) is 9.59 Å². The number of carbonyl (C=O) groups is 2. The lowest BCUT2D eigenvalue weighted by molar-refractivity contribution is -0.123. The summed E-state index contributed by atoms with van der Waals surface area (Å²) in [6, 6.07) is 21.0. The Morgan fingerprint density at radius 2 is 1.77 bits per heavy atom. The highest BCUT2D eigenvalue weighted by Crippen LogP contribution is 2.47. The molecule has 40 heavy (non-hydrogen) atoms. The molecule has 2 aliphatic rings. The van der Waals surface area contributed by atoms with E-state index in [1.54, 1.807) is 54.7 Å². The summed E-state index contributed by atoms with van der Waals surface area (Å²) in [7, 11) is 0. The summed E-state index contributed by atoms with van der Waals surface area (Å²) in [5.74, 6) is -2.96. The Morgan fingerprint density at radius 1 is 1.00 bits per heavy atom. The van der Waals surface area contributed by atoms with Crippen molar-refractivity contribution in [3.8, 4) is 5.75 Å². The topological polar surface area (TPSA) is 131 Å². The summed E-state index contributed by atoms with van der Waals surface area (Å²) >= 11 is 0. The lowest BCUT2D eigenvalue weighted by Gasteiger charge is -2.36. The summed E-state index contributed by atoms with van der Waals surface area (Å²) in [4.78, 5) is 32.5. The number of phenolic OH excluding ortho intramolecular Hbond substituents is 1. The van der Waals surface area contributed by atoms with Gasteiger partial charge in [0.1, 0.15) is 5.75 Å². The molecule has 206 valence electrons. The molecule has 3 aromatic rings. The van der Waals surface area contributed by atoms with Crippen LogP contribution in [0.4, 0.5) is 5.69 Å². The summed E-state index contributed by atoms with van der Waals surface area (Å²) in [6.07, 6.45) is 3.28. The number of aliphatic hydroxyl groups excluding tert-OH is 3. The number of aliphatic hydroxyl groups is 3. The number of carbonyl (C=O) groups excluding carboxylic acids is 2. The van der Waals surface area contributed by atoms with Crippen LogP contribution in [0.25, 0.3) is 11.6 Å². The number of nitrogens with zero attached hydrogens (tertiary/aromatic N) is 2. The van der Waals surface area contributed by atoms with E-state index in [-0.39, 0.29) is 31.1 Å². The van der Waals surface area contributed by atoms with E-state index in [0.717, 1.165) is 11.1 Å². The fourth-order valence-corrected chi connectivity index (χ4v) is 6.03. The standard InChI is InChI=1S/C32H32N2O6/c35-18-22-17-25-30(32(40)34(31(25)39)23-8-2-1-3-9-23)26(19-36)29(22)28(38)13-12-21(27-11-4-5-14-33-27)15-20-7-6-10-24(37)16-20/h1-11,14-16,25-26,28,30,35-38H,12-13,17-19H2/b21-15-/t25-,26+,28-,30-/m1/s1. The van der Waals surface area contributed by atoms with Gasteiger partial charge in [0, 0.05) is 12.1 Å². The first-order valence-electron chi connectivity index (χ1n) is 13.4. The van der Waals surface area contributed by atoms with E-state index in [0.29, 0.717) is 28.9 Å². The number of hydrogen-bond acceptors (Lipinski definition) is 7. The molecule has 0 bridgehead atoms. The minimum Gasteiger partial charge on any atom is -0.508 e. The average Bonchev–Trinajstić information content (AvgIpc) is 3.23. The van der Waals surface area contributed by atoms with Gasteiger partial charge in [-0.1, -0.05) is 36.4 Å². The number of anilines is 1. The second-order valence-electron chi connectivity index (χ2n) is 10.2. The van der Waals surface area contributed by atoms with Gasteiger partial charge < -0.3 is 20.4 Å². The van der Waals surface area contributed by atoms with Gasteiger partial charge in [0.25, 0.3) is 0 Å². The van der Waals surface area contributed by atoms with Gasteiger partial charge >= 0.3 is 0 Å². The smallest absolute Gasteiger partial charge is 0.238 e. The van der Waals surface area contributed by atoms with Crippen molar-refractivity contribution in [2.75, 3.05) is 18.1 Å². The van der Waals surface area contributed by atoms with Crippen LogP contribution in [0.5, 0.6) is 5.75 Å². The Kier molecular flexibility index (Phi) is 8.21. The van der Waals surface area contributed by atoms with Crippen molar-refractivity contribution in [2.24, 2.45) is 17.8 Å². The van der Waals surface area contributed by atoms with Gasteiger partial charge in [0.15, 0.2) is 0 Å². The Balaban J connectivity index is 1.43. The maximum Gasteiger partial charge on any atom is 0.238 e. The quantitative estimate of drug-likeness (QED) is 0.241. The van der Waals surface area contributed by atoms with Gasteiger partial charge in [-0.05, 0) is 84.0 Å². The highest BCUT2D eigenvalue weighted by atomic mass is 16.3. The molecule has 1 aliphatic carbocycles. The first-order chi connectivity index (χ1) is 19.4. The molecule has 8 heteroatoms. The minimum absolute atomic E-state index is 0.134. The lowest BCUT2D eigenvalue weighted by Crippen LogP contribution is -2.39. The lowest BCUT2D eigenvalue weighted by atomic mass is 9.68. The van der Waals surface area contributed by atoms with Crippen LogP contribution in [-0.4, -0.2) is 56.5 Å². The molecule has 4 N–H and O–H groups in total. The van der Waals surface area contributed by atoms with E-state index in [1.165, 1.54) is 4.90 Å². The number of imide groups is 1. The highest BCUT2D eigenvalue weighted by Gasteiger charge is 2.55. The zero-order chi connectivity index (χ0) is 28.2. The molecule has 4 atom stereocenters. The van der Waals surface area contributed by atoms with Crippen molar-refractivity contribution in [3.63, 3.8) is 0 Å². The number of benzene rings is 2. The zero-order valence-corrected chi connectivity index (χ0v) is 21.9. The van der Waals surface area contributed by atoms with Crippen LogP contribution >= 0.6 is 0 Å². The number of para-hydroxylation sites is 1. The zero-order valence-electron chi connectivity index (χ0n) is 21.9. The number of fused-ring (bicyclic) bond motifs is 1. The molecule has 2 aromatic carbocycles. The first-order valence-corrected chi connectivity index (χ1v) is 13.4. The highest BCUT2D eigenvalue weighted by molar-refractivity contribution is 6.22. The summed E-state index contributed by atoms with van der Waals surface area (Å²) in [6.45, 7) is -0.823. The van der Waals surface area contributed by atoms with Crippen LogP contribution in [0.15, 0.2) is 90.1 Å². The molecule has 1 aromatic heterocycles. The van der Waals surface area contributed by atoms with Crippen molar-refractivity contribution in [1.29, 1.82) is 0 Å². The third kappa shape index (κ3) is 5.34. The maximum absolute atomic E-state index is 13.6. The average molecular weight is 541 g/mol. The summed E-state index contributed by atoms with van der Waals surface area (Å²) in [5.41, 5.74) is 3.70. The largest absolute Gasteiger partial charge is 0.508 e. The molecule has 1 saturated heterocycles. The molecule has 8 nitrogen and oxygen atoms in total. The third-order valence-corrected chi connectivity index (χ3v) is 7.84. The van der Waals surface area contributed by atoms with Gasteiger partial charge in [0.05, 0.1) is 42.5 Å². The van der Waals surface area contributed by atoms with Crippen molar-refractivity contribution >= 4 is 29.2 Å². The fourth-order valence-electron chi connectivity index (χ4n) is 6.03. The Labute approximate surface area is 232 Å². The van der Waals surface area contributed by atoms with Crippen LogP contribution in [0, 0.1) is 17.8 Å². The van der Waals surface area contributed by atoms with E-state index in [1.807, 2.05) is 30.3 Å². The number of phenols is 1. The van der Waals surface area contributed by atoms with Crippen LogP contribution in [0.1, 0.15) is 30.5 Å². The Morgan fingerprint density at radius 3 is 2.45 bits per heavy atom.